The van der Waals surface area contributed by atoms with Crippen molar-refractivity contribution >= 4 is 21.3 Å². The summed E-state index contributed by atoms with van der Waals surface area (Å²) < 4.78 is 24.0. The second-order valence-corrected chi connectivity index (χ2v) is 6.12. The molecule has 1 rings (SSSR count). The number of nitro groups is 1. The summed E-state index contributed by atoms with van der Waals surface area (Å²) >= 11 is 0. The quantitative estimate of drug-likeness (QED) is 0.565. The van der Waals surface area contributed by atoms with Crippen molar-refractivity contribution < 1.29 is 18.1 Å². The van der Waals surface area contributed by atoms with Gasteiger partial charge in [-0.3, -0.25) is 14.9 Å². The Bertz CT molecular complexity index is 580. The molecule has 7 heteroatoms. The molecule has 0 spiro atoms. The molecule has 0 aliphatic carbocycles. The lowest BCUT2D eigenvalue weighted by molar-refractivity contribution is -0.387. The van der Waals surface area contributed by atoms with Gasteiger partial charge >= 0.3 is 0 Å². The molecule has 0 amide bonds. The van der Waals surface area contributed by atoms with Gasteiger partial charge in [-0.15, -0.1) is 0 Å². The largest absolute Gasteiger partial charge is 0.300 e. The van der Waals surface area contributed by atoms with Crippen molar-refractivity contribution in [3.63, 3.8) is 0 Å². The van der Waals surface area contributed by atoms with E-state index in [0.717, 1.165) is 6.07 Å². The zero-order valence-electron chi connectivity index (χ0n) is 10.5. The smallest absolute Gasteiger partial charge is 0.287 e. The fraction of sp³-hybridized carbons (Fsp3) is 0.417. The SMILES string of the molecule is CCC(=O)CCCS(=O)(=O)c1ccccc1[N+](=O)[O-]. The number of nitrogens with zero attached hydrogens (tertiary/aromatic N) is 1. The minimum Gasteiger partial charge on any atom is -0.300 e. The fourth-order valence-electron chi connectivity index (χ4n) is 1.62. The predicted octanol–water partition coefficient (Wildman–Crippen LogP) is 2.13. The summed E-state index contributed by atoms with van der Waals surface area (Å²) in [4.78, 5) is 20.9. The summed E-state index contributed by atoms with van der Waals surface area (Å²) in [5.41, 5.74) is -0.427. The molecule has 0 radical (unpaired) electrons. The van der Waals surface area contributed by atoms with Crippen LogP contribution < -0.4 is 0 Å². The highest BCUT2D eigenvalue weighted by Crippen LogP contribution is 2.24. The predicted molar refractivity (Wildman–Crippen MR) is 69.7 cm³/mol. The van der Waals surface area contributed by atoms with Crippen LogP contribution in [0.3, 0.4) is 0 Å². The molecule has 0 aromatic heterocycles. The van der Waals surface area contributed by atoms with E-state index in [1.807, 2.05) is 0 Å². The molecule has 0 saturated heterocycles. The molecule has 6 nitrogen and oxygen atoms in total. The van der Waals surface area contributed by atoms with Crippen molar-refractivity contribution in [1.29, 1.82) is 0 Å². The monoisotopic (exact) mass is 285 g/mol. The highest BCUT2D eigenvalue weighted by molar-refractivity contribution is 7.91. The number of rotatable bonds is 7. The van der Waals surface area contributed by atoms with Crippen molar-refractivity contribution in [2.24, 2.45) is 0 Å². The Labute approximate surface area is 111 Å². The summed E-state index contributed by atoms with van der Waals surface area (Å²) in [5.74, 6) is -0.276. The van der Waals surface area contributed by atoms with Gasteiger partial charge in [0.1, 0.15) is 10.7 Å². The van der Waals surface area contributed by atoms with E-state index >= 15 is 0 Å². The van der Waals surface area contributed by atoms with E-state index < -0.39 is 20.4 Å². The first-order valence-corrected chi connectivity index (χ1v) is 7.51. The van der Waals surface area contributed by atoms with Gasteiger partial charge < -0.3 is 0 Å². The lowest BCUT2D eigenvalue weighted by Gasteiger charge is -2.04. The number of benzene rings is 1. The average molecular weight is 285 g/mol. The van der Waals surface area contributed by atoms with E-state index in [1.54, 1.807) is 6.92 Å². The summed E-state index contributed by atoms with van der Waals surface area (Å²) in [6.45, 7) is 1.71. The van der Waals surface area contributed by atoms with Gasteiger partial charge in [0.2, 0.25) is 0 Å². The number of Topliss-reactive ketones (excluding diaryl/α,β-unsaturated/α-hetero) is 1. The normalized spacial score (nSPS) is 11.2. The van der Waals surface area contributed by atoms with Crippen LogP contribution in [0.15, 0.2) is 29.2 Å². The van der Waals surface area contributed by atoms with Crippen molar-refractivity contribution in [3.8, 4) is 0 Å². The summed E-state index contributed by atoms with van der Waals surface area (Å²) in [6.07, 6.45) is 0.725. The standard InChI is InChI=1S/C12H15NO5S/c1-2-10(14)6-5-9-19(17,18)12-8-4-3-7-11(12)13(15)16/h3-4,7-8H,2,5-6,9H2,1H3. The number of para-hydroxylation sites is 1. The van der Waals surface area contributed by atoms with Gasteiger partial charge in [0.05, 0.1) is 10.7 Å². The van der Waals surface area contributed by atoms with Crippen molar-refractivity contribution in [1.82, 2.24) is 0 Å². The number of sulfone groups is 1. The van der Waals surface area contributed by atoms with E-state index in [0.29, 0.717) is 6.42 Å². The summed E-state index contributed by atoms with van der Waals surface area (Å²) in [6, 6.07) is 5.23. The van der Waals surface area contributed by atoms with Crippen LogP contribution in [0.5, 0.6) is 0 Å². The van der Waals surface area contributed by atoms with Crippen LogP contribution in [0, 0.1) is 10.1 Å². The molecule has 0 fully saturated rings. The Kier molecular flexibility index (Phi) is 5.17. The average Bonchev–Trinajstić information content (AvgIpc) is 2.38. The molecule has 0 unspecified atom stereocenters. The Morgan fingerprint density at radius 3 is 2.53 bits per heavy atom. The molecule has 104 valence electrons. The number of hydrogen-bond donors (Lipinski definition) is 0. The number of hydrogen-bond acceptors (Lipinski definition) is 5. The molecule has 0 heterocycles. The molecule has 0 aliphatic rings. The third kappa shape index (κ3) is 4.13. The second-order valence-electron chi connectivity index (χ2n) is 4.04. The molecule has 1 aromatic rings. The first-order chi connectivity index (χ1) is 8.88. The van der Waals surface area contributed by atoms with Gasteiger partial charge in [0.25, 0.3) is 5.69 Å². The third-order valence-corrected chi connectivity index (χ3v) is 4.50. The number of carbonyl (C=O) groups is 1. The van der Waals surface area contributed by atoms with Crippen LogP contribution in [-0.2, 0) is 14.6 Å². The highest BCUT2D eigenvalue weighted by Gasteiger charge is 2.24. The number of nitro benzene ring substituents is 1. The molecule has 0 N–H and O–H groups in total. The van der Waals surface area contributed by atoms with Gasteiger partial charge in [0, 0.05) is 18.9 Å². The molecular weight excluding hydrogens is 270 g/mol. The van der Waals surface area contributed by atoms with E-state index in [2.05, 4.69) is 0 Å². The van der Waals surface area contributed by atoms with Crippen molar-refractivity contribution in [2.75, 3.05) is 5.75 Å². The fourth-order valence-corrected chi connectivity index (χ4v) is 3.11. The Morgan fingerprint density at radius 1 is 1.32 bits per heavy atom. The van der Waals surface area contributed by atoms with E-state index in [9.17, 15) is 23.3 Å². The minimum atomic E-state index is -3.73. The first-order valence-electron chi connectivity index (χ1n) is 5.86. The first kappa shape index (κ1) is 15.3. The maximum Gasteiger partial charge on any atom is 0.287 e. The van der Waals surface area contributed by atoms with Crippen LogP contribution >= 0.6 is 0 Å². The van der Waals surface area contributed by atoms with Crippen molar-refractivity contribution in [3.05, 3.63) is 34.4 Å². The number of ketones is 1. The zero-order valence-corrected chi connectivity index (χ0v) is 11.4. The maximum atomic E-state index is 12.0. The van der Waals surface area contributed by atoms with Gasteiger partial charge in [-0.1, -0.05) is 19.1 Å². The van der Waals surface area contributed by atoms with Crippen LogP contribution in [0.1, 0.15) is 26.2 Å². The van der Waals surface area contributed by atoms with Gasteiger partial charge in [0.15, 0.2) is 9.84 Å². The van der Waals surface area contributed by atoms with Crippen LogP contribution in [-0.4, -0.2) is 24.9 Å². The molecular formula is C12H15NO5S. The van der Waals surface area contributed by atoms with Crippen LogP contribution in [0.4, 0.5) is 5.69 Å². The van der Waals surface area contributed by atoms with Crippen LogP contribution in [0.2, 0.25) is 0 Å². The molecule has 0 bridgehead atoms. The molecule has 0 saturated carbocycles. The summed E-state index contributed by atoms with van der Waals surface area (Å²) in [5, 5.41) is 10.8. The molecule has 0 atom stereocenters. The van der Waals surface area contributed by atoms with E-state index in [1.165, 1.54) is 18.2 Å². The van der Waals surface area contributed by atoms with Crippen LogP contribution in [0.25, 0.3) is 0 Å². The van der Waals surface area contributed by atoms with Crippen molar-refractivity contribution in [2.45, 2.75) is 31.1 Å². The Balaban J connectivity index is 2.89. The van der Waals surface area contributed by atoms with E-state index in [4.69, 9.17) is 0 Å². The van der Waals surface area contributed by atoms with E-state index in [-0.39, 0.29) is 29.3 Å². The Hall–Kier alpha value is -1.76. The van der Waals surface area contributed by atoms with Gasteiger partial charge in [-0.2, -0.15) is 0 Å². The lowest BCUT2D eigenvalue weighted by Crippen LogP contribution is -2.10. The topological polar surface area (TPSA) is 94.3 Å². The number of carbonyl (C=O) groups excluding carboxylic acids is 1. The highest BCUT2D eigenvalue weighted by atomic mass is 32.2. The molecule has 0 aliphatic heterocycles. The molecule has 1 aromatic carbocycles. The van der Waals surface area contributed by atoms with Gasteiger partial charge in [-0.25, -0.2) is 8.42 Å². The molecule has 19 heavy (non-hydrogen) atoms. The summed E-state index contributed by atoms with van der Waals surface area (Å²) in [7, 11) is -3.73. The lowest BCUT2D eigenvalue weighted by atomic mass is 10.2. The maximum absolute atomic E-state index is 12.0. The minimum absolute atomic E-state index is 0.0160. The third-order valence-electron chi connectivity index (χ3n) is 2.66. The zero-order chi connectivity index (χ0) is 14.5. The second kappa shape index (κ2) is 6.42. The van der Waals surface area contributed by atoms with Gasteiger partial charge in [-0.05, 0) is 12.5 Å². The Morgan fingerprint density at radius 2 is 1.95 bits per heavy atom.